The molecule has 1 aliphatic carbocycles. The van der Waals surface area contributed by atoms with Crippen LogP contribution in [0.3, 0.4) is 0 Å². The van der Waals surface area contributed by atoms with E-state index in [1.165, 1.54) is 12.8 Å². The zero-order valence-corrected chi connectivity index (χ0v) is 9.83. The number of esters is 1. The first-order chi connectivity index (χ1) is 7.29. The molecule has 0 heterocycles. The monoisotopic (exact) mass is 214 g/mol. The predicted molar refractivity (Wildman–Crippen MR) is 58.6 cm³/mol. The summed E-state index contributed by atoms with van der Waals surface area (Å²) in [5.41, 5.74) is 0. The minimum atomic E-state index is -0.0714. The Morgan fingerprint density at radius 2 is 1.93 bits per heavy atom. The lowest BCUT2D eigenvalue weighted by molar-refractivity contribution is -0.152. The lowest BCUT2D eigenvalue weighted by Gasteiger charge is -2.21. The van der Waals surface area contributed by atoms with Crippen LogP contribution >= 0.6 is 0 Å². The first kappa shape index (κ1) is 12.5. The highest BCUT2D eigenvalue weighted by Crippen LogP contribution is 2.32. The highest BCUT2D eigenvalue weighted by molar-refractivity contribution is 5.73. The maximum absolute atomic E-state index is 11.7. The fraction of sp³-hybridized carbons (Fsp3) is 0.917. The van der Waals surface area contributed by atoms with E-state index in [0.29, 0.717) is 25.7 Å². The minimum absolute atomic E-state index is 0.0348. The molecular weight excluding hydrogens is 192 g/mol. The smallest absolute Gasteiger partial charge is 0.311 e. The topological polar surface area (TPSA) is 35.5 Å². The average molecular weight is 214 g/mol. The van der Waals surface area contributed by atoms with E-state index < -0.39 is 0 Å². The molecule has 0 aromatic carbocycles. The minimum Gasteiger partial charge on any atom is -0.466 e. The summed E-state index contributed by atoms with van der Waals surface area (Å²) >= 11 is 0. The molecular formula is C12H22O3. The number of rotatable bonds is 6. The third kappa shape index (κ3) is 3.82. The molecule has 88 valence electrons. The Hall–Kier alpha value is -0.570. The quantitative estimate of drug-likeness (QED) is 0.637. The maximum Gasteiger partial charge on any atom is 0.311 e. The third-order valence-corrected chi connectivity index (χ3v) is 3.06. The van der Waals surface area contributed by atoms with Gasteiger partial charge in [0.15, 0.2) is 0 Å². The number of hydrogen-bond donors (Lipinski definition) is 0. The van der Waals surface area contributed by atoms with Crippen LogP contribution in [-0.2, 0) is 14.3 Å². The molecule has 0 N–H and O–H groups in total. The van der Waals surface area contributed by atoms with Crippen molar-refractivity contribution in [1.82, 2.24) is 0 Å². The third-order valence-electron chi connectivity index (χ3n) is 3.06. The molecule has 1 rings (SSSR count). The van der Waals surface area contributed by atoms with Crippen LogP contribution in [0, 0.1) is 11.8 Å². The average Bonchev–Trinajstić information content (AvgIpc) is 2.72. The largest absolute Gasteiger partial charge is 0.466 e. The molecule has 3 heteroatoms. The van der Waals surface area contributed by atoms with Gasteiger partial charge < -0.3 is 9.47 Å². The molecule has 0 aliphatic heterocycles. The number of carbonyl (C=O) groups is 1. The zero-order valence-electron chi connectivity index (χ0n) is 9.83. The lowest BCUT2D eigenvalue weighted by Crippen LogP contribution is -2.29. The molecule has 0 spiro atoms. The van der Waals surface area contributed by atoms with Crippen molar-refractivity contribution in [3.63, 3.8) is 0 Å². The van der Waals surface area contributed by atoms with Crippen molar-refractivity contribution in [2.75, 3.05) is 19.8 Å². The normalized spacial score (nSPS) is 19.1. The molecule has 1 fully saturated rings. The number of hydrogen-bond acceptors (Lipinski definition) is 3. The van der Waals surface area contributed by atoms with Gasteiger partial charge in [0.2, 0.25) is 0 Å². The summed E-state index contributed by atoms with van der Waals surface area (Å²) < 4.78 is 10.5. The Bertz CT molecular complexity index is 185. The molecule has 15 heavy (non-hydrogen) atoms. The van der Waals surface area contributed by atoms with Crippen LogP contribution in [0.25, 0.3) is 0 Å². The summed E-state index contributed by atoms with van der Waals surface area (Å²) in [5, 5.41) is 0. The summed E-state index contributed by atoms with van der Waals surface area (Å²) in [5.74, 6) is 0.376. The first-order valence-corrected chi connectivity index (χ1v) is 6.04. The molecule has 0 bridgehead atoms. The second-order valence-electron chi connectivity index (χ2n) is 4.06. The zero-order chi connectivity index (χ0) is 11.1. The molecule has 1 saturated carbocycles. The van der Waals surface area contributed by atoms with E-state index in [2.05, 4.69) is 0 Å². The van der Waals surface area contributed by atoms with Crippen molar-refractivity contribution in [1.29, 1.82) is 0 Å². The molecule has 3 nitrogen and oxygen atoms in total. The summed E-state index contributed by atoms with van der Waals surface area (Å²) in [6, 6.07) is 0. The Labute approximate surface area is 92.1 Å². The van der Waals surface area contributed by atoms with Crippen LogP contribution in [0.1, 0.15) is 39.5 Å². The summed E-state index contributed by atoms with van der Waals surface area (Å²) in [7, 11) is 0. The van der Waals surface area contributed by atoms with E-state index in [4.69, 9.17) is 9.47 Å². The molecule has 0 amide bonds. The van der Waals surface area contributed by atoms with Gasteiger partial charge in [-0.3, -0.25) is 4.79 Å². The van der Waals surface area contributed by atoms with Crippen LogP contribution in [0.2, 0.25) is 0 Å². The van der Waals surface area contributed by atoms with E-state index in [1.54, 1.807) is 0 Å². The van der Waals surface area contributed by atoms with Gasteiger partial charge in [-0.2, -0.15) is 0 Å². The summed E-state index contributed by atoms with van der Waals surface area (Å²) in [4.78, 5) is 11.7. The van der Waals surface area contributed by atoms with Crippen molar-refractivity contribution < 1.29 is 14.3 Å². The standard InChI is InChI=1S/C12H22O3/c1-3-14-9-11(12(13)15-4-2)10-7-5-6-8-10/h10-11H,3-9H2,1-2H3. The van der Waals surface area contributed by atoms with E-state index in [9.17, 15) is 4.79 Å². The fourth-order valence-corrected chi connectivity index (χ4v) is 2.25. The van der Waals surface area contributed by atoms with Crippen LogP contribution in [-0.4, -0.2) is 25.8 Å². The molecule has 0 saturated heterocycles. The van der Waals surface area contributed by atoms with Gasteiger partial charge in [0.25, 0.3) is 0 Å². The second kappa shape index (κ2) is 6.83. The van der Waals surface area contributed by atoms with Crippen LogP contribution in [0.5, 0.6) is 0 Å². The van der Waals surface area contributed by atoms with Crippen molar-refractivity contribution in [3.8, 4) is 0 Å². The maximum atomic E-state index is 11.7. The molecule has 0 radical (unpaired) electrons. The first-order valence-electron chi connectivity index (χ1n) is 6.04. The van der Waals surface area contributed by atoms with Gasteiger partial charge in [-0.15, -0.1) is 0 Å². The van der Waals surface area contributed by atoms with Gasteiger partial charge in [-0.1, -0.05) is 12.8 Å². The Kier molecular flexibility index (Phi) is 5.69. The van der Waals surface area contributed by atoms with Gasteiger partial charge in [0.1, 0.15) is 0 Å². The van der Waals surface area contributed by atoms with Crippen molar-refractivity contribution >= 4 is 5.97 Å². The molecule has 0 aromatic heterocycles. The molecule has 0 aromatic rings. The highest BCUT2D eigenvalue weighted by Gasteiger charge is 2.31. The molecule has 1 aliphatic rings. The van der Waals surface area contributed by atoms with E-state index in [1.807, 2.05) is 13.8 Å². The van der Waals surface area contributed by atoms with E-state index in [0.717, 1.165) is 12.8 Å². The van der Waals surface area contributed by atoms with Crippen molar-refractivity contribution in [2.24, 2.45) is 11.8 Å². The molecule has 1 atom stereocenters. The highest BCUT2D eigenvalue weighted by atomic mass is 16.5. The second-order valence-corrected chi connectivity index (χ2v) is 4.06. The van der Waals surface area contributed by atoms with Gasteiger partial charge in [0, 0.05) is 6.61 Å². The van der Waals surface area contributed by atoms with Crippen molar-refractivity contribution in [3.05, 3.63) is 0 Å². The SMILES string of the molecule is CCOCC(C(=O)OCC)C1CCCC1. The van der Waals surface area contributed by atoms with Crippen LogP contribution in [0.15, 0.2) is 0 Å². The van der Waals surface area contributed by atoms with Gasteiger partial charge in [0.05, 0.1) is 19.1 Å². The van der Waals surface area contributed by atoms with Gasteiger partial charge >= 0.3 is 5.97 Å². The number of carbonyl (C=O) groups excluding carboxylic acids is 1. The van der Waals surface area contributed by atoms with Crippen molar-refractivity contribution in [2.45, 2.75) is 39.5 Å². The Morgan fingerprint density at radius 1 is 1.27 bits per heavy atom. The predicted octanol–water partition coefficient (Wildman–Crippen LogP) is 2.39. The lowest BCUT2D eigenvalue weighted by atomic mass is 9.91. The van der Waals surface area contributed by atoms with E-state index in [-0.39, 0.29) is 11.9 Å². The summed E-state index contributed by atoms with van der Waals surface area (Å²) in [6.07, 6.45) is 4.78. The summed E-state index contributed by atoms with van der Waals surface area (Å²) in [6.45, 7) is 5.47. The fourth-order valence-electron chi connectivity index (χ4n) is 2.25. The molecule has 1 unspecified atom stereocenters. The van der Waals surface area contributed by atoms with Crippen LogP contribution in [0.4, 0.5) is 0 Å². The number of ether oxygens (including phenoxy) is 2. The Balaban J connectivity index is 2.46. The van der Waals surface area contributed by atoms with Gasteiger partial charge in [-0.25, -0.2) is 0 Å². The van der Waals surface area contributed by atoms with E-state index >= 15 is 0 Å². The van der Waals surface area contributed by atoms with Gasteiger partial charge in [-0.05, 0) is 32.6 Å². The Morgan fingerprint density at radius 3 is 2.47 bits per heavy atom. The van der Waals surface area contributed by atoms with Crippen LogP contribution < -0.4 is 0 Å².